The van der Waals surface area contributed by atoms with E-state index in [9.17, 15) is 14.0 Å². The van der Waals surface area contributed by atoms with Gasteiger partial charge in [0.25, 0.3) is 11.8 Å². The number of hydrogen-bond donors (Lipinski definition) is 2. The molecule has 0 bridgehead atoms. The Hall–Kier alpha value is -3.26. The number of aryl methyl sites for hydroxylation is 2. The maximum atomic E-state index is 13.7. The van der Waals surface area contributed by atoms with E-state index < -0.39 is 5.82 Å². The number of carbonyl (C=O) groups excluding carboxylic acids is 2. The summed E-state index contributed by atoms with van der Waals surface area (Å²) < 4.78 is 21.0. The van der Waals surface area contributed by atoms with Crippen LogP contribution in [0.15, 0.2) is 36.4 Å². The minimum atomic E-state index is -0.398. The molecule has 8 heteroatoms. The molecule has 0 radical (unpaired) electrons. The highest BCUT2D eigenvalue weighted by molar-refractivity contribution is 5.96. The van der Waals surface area contributed by atoms with Crippen LogP contribution < -0.4 is 10.6 Å². The summed E-state index contributed by atoms with van der Waals surface area (Å²) in [6.45, 7) is 2.65. The first-order valence-electron chi connectivity index (χ1n) is 10.3. The van der Waals surface area contributed by atoms with E-state index in [0.29, 0.717) is 36.4 Å². The molecule has 2 aromatic carbocycles. The first-order valence-corrected chi connectivity index (χ1v) is 10.3. The van der Waals surface area contributed by atoms with Gasteiger partial charge < -0.3 is 19.9 Å². The van der Waals surface area contributed by atoms with Crippen LogP contribution in [0.2, 0.25) is 0 Å². The fraction of sp³-hybridized carbons (Fsp3) is 0.348. The van der Waals surface area contributed by atoms with Crippen molar-refractivity contribution >= 4 is 28.5 Å². The fourth-order valence-corrected chi connectivity index (χ4v) is 3.68. The molecule has 1 saturated heterocycles. The van der Waals surface area contributed by atoms with E-state index in [2.05, 4.69) is 15.6 Å². The molecule has 1 aliphatic rings. The lowest BCUT2D eigenvalue weighted by Gasteiger charge is -2.10. The molecule has 0 unspecified atom stereocenters. The normalized spacial score (nSPS) is 15.9. The Labute approximate surface area is 179 Å². The Morgan fingerprint density at radius 2 is 2.10 bits per heavy atom. The van der Waals surface area contributed by atoms with E-state index in [1.165, 1.54) is 6.07 Å². The highest BCUT2D eigenvalue weighted by Crippen LogP contribution is 2.21. The first kappa shape index (κ1) is 21.0. The molecular formula is C23H25FN4O3. The Bertz CT molecular complexity index is 1140. The van der Waals surface area contributed by atoms with Gasteiger partial charge in [-0.1, -0.05) is 6.07 Å². The van der Waals surface area contributed by atoms with Crippen molar-refractivity contribution in [2.45, 2.75) is 32.3 Å². The Morgan fingerprint density at radius 3 is 2.84 bits per heavy atom. The van der Waals surface area contributed by atoms with Gasteiger partial charge in [0.05, 0.1) is 11.0 Å². The van der Waals surface area contributed by atoms with Crippen molar-refractivity contribution in [2.75, 3.05) is 18.5 Å². The third kappa shape index (κ3) is 4.59. The number of aromatic nitrogens is 2. The zero-order chi connectivity index (χ0) is 22.0. The van der Waals surface area contributed by atoms with Gasteiger partial charge in [-0.05, 0) is 55.7 Å². The van der Waals surface area contributed by atoms with E-state index in [-0.39, 0.29) is 17.9 Å². The van der Waals surface area contributed by atoms with Gasteiger partial charge in [-0.3, -0.25) is 9.59 Å². The van der Waals surface area contributed by atoms with Crippen molar-refractivity contribution in [1.82, 2.24) is 14.9 Å². The molecule has 1 fully saturated rings. The topological polar surface area (TPSA) is 85.2 Å². The second kappa shape index (κ2) is 8.85. The average molecular weight is 424 g/mol. The molecule has 1 aliphatic heterocycles. The molecule has 2 N–H and O–H groups in total. The van der Waals surface area contributed by atoms with Crippen LogP contribution in [0, 0.1) is 12.7 Å². The largest absolute Gasteiger partial charge is 0.368 e. The molecular weight excluding hydrogens is 399 g/mol. The van der Waals surface area contributed by atoms with Crippen molar-refractivity contribution in [2.24, 2.45) is 7.05 Å². The highest BCUT2D eigenvalue weighted by atomic mass is 19.1. The number of nitrogens with zero attached hydrogens (tertiary/aromatic N) is 2. The van der Waals surface area contributed by atoms with E-state index in [1.807, 2.05) is 29.8 Å². The fourth-order valence-electron chi connectivity index (χ4n) is 3.68. The maximum Gasteiger partial charge on any atom is 0.253 e. The first-order chi connectivity index (χ1) is 14.9. The molecule has 4 rings (SSSR count). The summed E-state index contributed by atoms with van der Waals surface area (Å²) in [5.74, 6) is -0.0570. The van der Waals surface area contributed by atoms with Crippen molar-refractivity contribution in [3.05, 3.63) is 59.2 Å². The zero-order valence-electron chi connectivity index (χ0n) is 17.6. The summed E-state index contributed by atoms with van der Waals surface area (Å²) in [6, 6.07) is 10.0. The van der Waals surface area contributed by atoms with Crippen molar-refractivity contribution in [3.8, 4) is 0 Å². The van der Waals surface area contributed by atoms with Crippen LogP contribution >= 0.6 is 0 Å². The van der Waals surface area contributed by atoms with Crippen LogP contribution in [0.25, 0.3) is 11.0 Å². The summed E-state index contributed by atoms with van der Waals surface area (Å²) in [4.78, 5) is 29.2. The molecule has 3 aromatic rings. The number of hydrogen-bond acceptors (Lipinski definition) is 4. The number of halogens is 1. The van der Waals surface area contributed by atoms with E-state index in [0.717, 1.165) is 29.7 Å². The number of fused-ring (bicyclic) bond motifs is 1. The highest BCUT2D eigenvalue weighted by Gasteiger charge is 2.23. The lowest BCUT2D eigenvalue weighted by Crippen LogP contribution is -2.26. The molecule has 7 nitrogen and oxygen atoms in total. The monoisotopic (exact) mass is 424 g/mol. The van der Waals surface area contributed by atoms with Crippen LogP contribution in [0.3, 0.4) is 0 Å². The number of amides is 2. The number of carbonyl (C=O) groups is 2. The molecule has 0 aliphatic carbocycles. The second-order valence-corrected chi connectivity index (χ2v) is 7.75. The van der Waals surface area contributed by atoms with Gasteiger partial charge in [0.15, 0.2) is 0 Å². The van der Waals surface area contributed by atoms with Crippen LogP contribution in [-0.2, 0) is 23.0 Å². The molecule has 0 spiro atoms. The lowest BCUT2D eigenvalue weighted by atomic mass is 10.1. The Balaban J connectivity index is 1.39. The average Bonchev–Trinajstić information content (AvgIpc) is 3.39. The minimum absolute atomic E-state index is 0.136. The molecule has 2 amide bonds. The molecule has 1 aromatic heterocycles. The third-order valence-electron chi connectivity index (χ3n) is 5.53. The standard InChI is InChI=1S/C23H25FN4O3/c1-14-5-6-15(12-17(14)24)22(29)25-10-9-21-27-18-13-16(7-8-19(18)28(21)2)26-23(30)20-4-3-11-31-20/h5-8,12-13,20H,3-4,9-11H2,1-2H3,(H,25,29)(H,26,30)/t20-/m0/s1. The summed E-state index contributed by atoms with van der Waals surface area (Å²) in [5.41, 5.74) is 3.15. The number of benzene rings is 2. The number of rotatable bonds is 6. The van der Waals surface area contributed by atoms with Gasteiger partial charge in [-0.25, -0.2) is 9.37 Å². The third-order valence-corrected chi connectivity index (χ3v) is 5.53. The lowest BCUT2D eigenvalue weighted by molar-refractivity contribution is -0.124. The van der Waals surface area contributed by atoms with Gasteiger partial charge in [0.1, 0.15) is 17.7 Å². The Morgan fingerprint density at radius 1 is 1.26 bits per heavy atom. The summed E-state index contributed by atoms with van der Waals surface area (Å²) >= 11 is 0. The zero-order valence-corrected chi connectivity index (χ0v) is 17.6. The number of nitrogens with one attached hydrogen (secondary N) is 2. The summed E-state index contributed by atoms with van der Waals surface area (Å²) in [7, 11) is 1.91. The van der Waals surface area contributed by atoms with Crippen LogP contribution in [-0.4, -0.2) is 40.6 Å². The predicted octanol–water partition coefficient (Wildman–Crippen LogP) is 3.11. The minimum Gasteiger partial charge on any atom is -0.368 e. The molecule has 31 heavy (non-hydrogen) atoms. The number of ether oxygens (including phenoxy) is 1. The van der Waals surface area contributed by atoms with Gasteiger partial charge >= 0.3 is 0 Å². The van der Waals surface area contributed by atoms with E-state index in [1.54, 1.807) is 19.1 Å². The molecule has 0 saturated carbocycles. The van der Waals surface area contributed by atoms with Gasteiger partial charge in [-0.2, -0.15) is 0 Å². The summed E-state index contributed by atoms with van der Waals surface area (Å²) in [6.07, 6.45) is 1.77. The van der Waals surface area contributed by atoms with E-state index in [4.69, 9.17) is 4.74 Å². The van der Waals surface area contributed by atoms with Crippen molar-refractivity contribution < 1.29 is 18.7 Å². The molecule has 2 heterocycles. The quantitative estimate of drug-likeness (QED) is 0.637. The molecule has 162 valence electrons. The van der Waals surface area contributed by atoms with Crippen molar-refractivity contribution in [3.63, 3.8) is 0 Å². The van der Waals surface area contributed by atoms with Crippen LogP contribution in [0.4, 0.5) is 10.1 Å². The van der Waals surface area contributed by atoms with Crippen LogP contribution in [0.1, 0.15) is 34.6 Å². The number of imidazole rings is 1. The van der Waals surface area contributed by atoms with Crippen LogP contribution in [0.5, 0.6) is 0 Å². The Kier molecular flexibility index (Phi) is 5.99. The van der Waals surface area contributed by atoms with Gasteiger partial charge in [0, 0.05) is 37.9 Å². The number of anilines is 1. The second-order valence-electron chi connectivity index (χ2n) is 7.75. The van der Waals surface area contributed by atoms with E-state index >= 15 is 0 Å². The maximum absolute atomic E-state index is 13.7. The SMILES string of the molecule is Cc1ccc(C(=O)NCCc2nc3cc(NC(=O)[C@@H]4CCCO4)ccc3n2C)cc1F. The molecule has 1 atom stereocenters. The summed E-state index contributed by atoms with van der Waals surface area (Å²) in [5, 5.41) is 5.69. The van der Waals surface area contributed by atoms with Gasteiger partial charge in [0.2, 0.25) is 0 Å². The van der Waals surface area contributed by atoms with Gasteiger partial charge in [-0.15, -0.1) is 0 Å². The predicted molar refractivity (Wildman–Crippen MR) is 115 cm³/mol. The van der Waals surface area contributed by atoms with Crippen molar-refractivity contribution in [1.29, 1.82) is 0 Å². The smallest absolute Gasteiger partial charge is 0.253 e.